The number of aromatic nitrogens is 2. The van der Waals surface area contributed by atoms with Gasteiger partial charge in [0.2, 0.25) is 5.82 Å². The number of benzene rings is 1. The second kappa shape index (κ2) is 7.62. The van der Waals surface area contributed by atoms with Crippen LogP contribution in [0.1, 0.15) is 40.9 Å². The maximum absolute atomic E-state index is 13.9. The van der Waals surface area contributed by atoms with Crippen LogP contribution in [0.3, 0.4) is 0 Å². The number of hydrogen-bond donors (Lipinski definition) is 1. The van der Waals surface area contributed by atoms with Gasteiger partial charge in [0, 0.05) is 25.4 Å². The molecule has 0 bridgehead atoms. The summed E-state index contributed by atoms with van der Waals surface area (Å²) < 4.78 is 28.5. The monoisotopic (exact) mass is 398 g/mol. The predicted molar refractivity (Wildman–Crippen MR) is 104 cm³/mol. The zero-order valence-electron chi connectivity index (χ0n) is 15.9. The lowest BCUT2D eigenvalue weighted by molar-refractivity contribution is 0.0694. The van der Waals surface area contributed by atoms with Crippen LogP contribution in [0, 0.1) is 17.6 Å². The number of carbonyl (C=O) groups excluding carboxylic acids is 2. The Bertz CT molecular complexity index is 1090. The Hall–Kier alpha value is -3.29. The highest BCUT2D eigenvalue weighted by atomic mass is 19.1. The van der Waals surface area contributed by atoms with Crippen LogP contribution < -0.4 is 5.32 Å². The Morgan fingerprint density at radius 3 is 2.62 bits per heavy atom. The van der Waals surface area contributed by atoms with Crippen molar-refractivity contribution in [2.45, 2.75) is 19.8 Å². The number of carbonyl (C=O) groups is 2. The fraction of sp³-hybridized carbons (Fsp3) is 0.286. The number of anilines is 1. The van der Waals surface area contributed by atoms with Crippen molar-refractivity contribution < 1.29 is 18.4 Å². The van der Waals surface area contributed by atoms with Crippen molar-refractivity contribution in [2.75, 3.05) is 18.4 Å². The molecule has 8 heteroatoms. The Morgan fingerprint density at radius 1 is 1.14 bits per heavy atom. The van der Waals surface area contributed by atoms with Crippen LogP contribution in [-0.4, -0.2) is 39.2 Å². The molecular weight excluding hydrogens is 378 g/mol. The van der Waals surface area contributed by atoms with Crippen LogP contribution in [0.2, 0.25) is 0 Å². The van der Waals surface area contributed by atoms with Gasteiger partial charge >= 0.3 is 0 Å². The lowest BCUT2D eigenvalue weighted by Crippen LogP contribution is -2.38. The molecule has 4 rings (SSSR count). The minimum atomic E-state index is -0.891. The first-order valence-electron chi connectivity index (χ1n) is 9.47. The van der Waals surface area contributed by atoms with Gasteiger partial charge < -0.3 is 10.2 Å². The molecule has 3 heterocycles. The standard InChI is InChI=1S/C21H20F2N4O2/c1-13-7-10-26(11-8-13)21(29)18-17-4-2-3-9-27(17)19(25-18)20(28)24-16-6-5-14(22)12-15(16)23/h2-6,9,12-13H,7-8,10-11H2,1H3,(H,24,28). The number of halogens is 2. The van der Waals surface area contributed by atoms with Crippen molar-refractivity contribution in [1.82, 2.24) is 14.3 Å². The normalized spacial score (nSPS) is 14.9. The number of nitrogens with one attached hydrogen (secondary N) is 1. The molecular formula is C21H20F2N4O2. The molecule has 3 aromatic rings. The van der Waals surface area contributed by atoms with Crippen LogP contribution in [-0.2, 0) is 0 Å². The summed E-state index contributed by atoms with van der Waals surface area (Å²) in [6.07, 6.45) is 3.47. The van der Waals surface area contributed by atoms with Crippen molar-refractivity contribution in [3.8, 4) is 0 Å². The van der Waals surface area contributed by atoms with Crippen molar-refractivity contribution >= 4 is 23.0 Å². The molecule has 0 radical (unpaired) electrons. The first kappa shape index (κ1) is 19.0. The van der Waals surface area contributed by atoms with Gasteiger partial charge in [0.05, 0.1) is 11.2 Å². The van der Waals surface area contributed by atoms with Gasteiger partial charge in [0.25, 0.3) is 11.8 Å². The lowest BCUT2D eigenvalue weighted by Gasteiger charge is -2.29. The summed E-state index contributed by atoms with van der Waals surface area (Å²) in [5.41, 5.74) is 0.521. The van der Waals surface area contributed by atoms with Gasteiger partial charge in [0.1, 0.15) is 11.6 Å². The molecule has 2 aromatic heterocycles. The van der Waals surface area contributed by atoms with Crippen LogP contribution in [0.4, 0.5) is 14.5 Å². The van der Waals surface area contributed by atoms with Gasteiger partial charge in [-0.1, -0.05) is 13.0 Å². The molecule has 0 saturated carbocycles. The van der Waals surface area contributed by atoms with E-state index in [0.717, 1.165) is 25.0 Å². The predicted octanol–water partition coefficient (Wildman–Crippen LogP) is 3.74. The van der Waals surface area contributed by atoms with Gasteiger partial charge in [-0.05, 0) is 43.0 Å². The summed E-state index contributed by atoms with van der Waals surface area (Å²) in [5.74, 6) is -2.02. The van der Waals surface area contributed by atoms with Crippen molar-refractivity contribution in [3.05, 3.63) is 65.7 Å². The number of fused-ring (bicyclic) bond motifs is 1. The van der Waals surface area contributed by atoms with Crippen molar-refractivity contribution in [1.29, 1.82) is 0 Å². The van der Waals surface area contributed by atoms with E-state index in [0.29, 0.717) is 30.6 Å². The average Bonchev–Trinajstić information content (AvgIpc) is 3.10. The maximum atomic E-state index is 13.9. The largest absolute Gasteiger partial charge is 0.337 e. The van der Waals surface area contributed by atoms with E-state index in [1.54, 1.807) is 29.3 Å². The molecule has 1 aliphatic rings. The van der Waals surface area contributed by atoms with Crippen LogP contribution in [0.15, 0.2) is 42.6 Å². The molecule has 1 fully saturated rings. The number of piperidine rings is 1. The molecule has 1 saturated heterocycles. The molecule has 2 amide bonds. The first-order valence-corrected chi connectivity index (χ1v) is 9.47. The van der Waals surface area contributed by atoms with E-state index in [4.69, 9.17) is 0 Å². The zero-order chi connectivity index (χ0) is 20.5. The molecule has 0 aliphatic carbocycles. The SMILES string of the molecule is CC1CCN(C(=O)c2nc(C(=O)Nc3ccc(F)cc3F)n3ccccc23)CC1. The van der Waals surface area contributed by atoms with E-state index in [1.807, 2.05) is 0 Å². The maximum Gasteiger partial charge on any atom is 0.292 e. The third-order valence-corrected chi connectivity index (χ3v) is 5.20. The third kappa shape index (κ3) is 3.70. The summed E-state index contributed by atoms with van der Waals surface area (Å²) in [6, 6.07) is 8.05. The molecule has 1 aromatic carbocycles. The second-order valence-corrected chi connectivity index (χ2v) is 7.29. The minimum absolute atomic E-state index is 0.0435. The Balaban J connectivity index is 1.67. The first-order chi connectivity index (χ1) is 13.9. The number of imidazole rings is 1. The van der Waals surface area contributed by atoms with E-state index in [1.165, 1.54) is 4.40 Å². The molecule has 1 N–H and O–H groups in total. The van der Waals surface area contributed by atoms with Gasteiger partial charge in [-0.15, -0.1) is 0 Å². The van der Waals surface area contributed by atoms with Gasteiger partial charge in [0.15, 0.2) is 5.69 Å². The van der Waals surface area contributed by atoms with Crippen LogP contribution in [0.5, 0.6) is 0 Å². The number of pyridine rings is 1. The quantitative estimate of drug-likeness (QED) is 0.731. The highest BCUT2D eigenvalue weighted by Crippen LogP contribution is 2.22. The lowest BCUT2D eigenvalue weighted by atomic mass is 9.99. The molecule has 150 valence electrons. The summed E-state index contributed by atoms with van der Waals surface area (Å²) in [7, 11) is 0. The molecule has 6 nitrogen and oxygen atoms in total. The fourth-order valence-electron chi connectivity index (χ4n) is 3.49. The van der Waals surface area contributed by atoms with Gasteiger partial charge in [-0.3, -0.25) is 14.0 Å². The summed E-state index contributed by atoms with van der Waals surface area (Å²) in [4.78, 5) is 31.8. The van der Waals surface area contributed by atoms with E-state index < -0.39 is 17.5 Å². The average molecular weight is 398 g/mol. The van der Waals surface area contributed by atoms with Crippen LogP contribution in [0.25, 0.3) is 5.52 Å². The van der Waals surface area contributed by atoms with Crippen molar-refractivity contribution in [3.63, 3.8) is 0 Å². The van der Waals surface area contributed by atoms with Gasteiger partial charge in [-0.25, -0.2) is 13.8 Å². The number of likely N-dealkylation sites (tertiary alicyclic amines) is 1. The molecule has 0 unspecified atom stereocenters. The third-order valence-electron chi connectivity index (χ3n) is 5.20. The Morgan fingerprint density at radius 2 is 1.90 bits per heavy atom. The van der Waals surface area contributed by atoms with E-state index in [2.05, 4.69) is 17.2 Å². The second-order valence-electron chi connectivity index (χ2n) is 7.29. The topological polar surface area (TPSA) is 66.7 Å². The molecule has 0 atom stereocenters. The minimum Gasteiger partial charge on any atom is -0.337 e. The number of rotatable bonds is 3. The molecule has 29 heavy (non-hydrogen) atoms. The number of amides is 2. The van der Waals surface area contributed by atoms with E-state index in [9.17, 15) is 18.4 Å². The Kier molecular flexibility index (Phi) is 5.00. The number of hydrogen-bond acceptors (Lipinski definition) is 3. The van der Waals surface area contributed by atoms with E-state index >= 15 is 0 Å². The summed E-state index contributed by atoms with van der Waals surface area (Å²) in [5, 5.41) is 2.39. The summed E-state index contributed by atoms with van der Waals surface area (Å²) >= 11 is 0. The summed E-state index contributed by atoms with van der Waals surface area (Å²) in [6.45, 7) is 3.45. The van der Waals surface area contributed by atoms with Crippen LogP contribution >= 0.6 is 0 Å². The highest BCUT2D eigenvalue weighted by molar-refractivity contribution is 6.06. The zero-order valence-corrected chi connectivity index (χ0v) is 15.9. The van der Waals surface area contributed by atoms with Gasteiger partial charge in [-0.2, -0.15) is 0 Å². The Labute approximate surface area is 166 Å². The van der Waals surface area contributed by atoms with Crippen molar-refractivity contribution in [2.24, 2.45) is 5.92 Å². The fourth-order valence-corrected chi connectivity index (χ4v) is 3.49. The van der Waals surface area contributed by atoms with E-state index in [-0.39, 0.29) is 23.1 Å². The molecule has 1 aliphatic heterocycles. The number of nitrogens with zero attached hydrogens (tertiary/aromatic N) is 3. The smallest absolute Gasteiger partial charge is 0.292 e. The molecule has 0 spiro atoms. The highest BCUT2D eigenvalue weighted by Gasteiger charge is 2.27.